The van der Waals surface area contributed by atoms with E-state index in [9.17, 15) is 18.0 Å². The van der Waals surface area contributed by atoms with Crippen molar-refractivity contribution in [3.05, 3.63) is 83.4 Å². The highest BCUT2D eigenvalue weighted by Crippen LogP contribution is 2.35. The van der Waals surface area contributed by atoms with Gasteiger partial charge in [-0.05, 0) is 41.8 Å². The molecular formula is C26H24N2O7S. The Morgan fingerprint density at radius 3 is 2.42 bits per heavy atom. The van der Waals surface area contributed by atoms with Gasteiger partial charge in [0.05, 0.1) is 23.3 Å². The number of hydrogen-bond acceptors (Lipinski definition) is 7. The maximum atomic E-state index is 13.8. The molecule has 1 N–H and O–H groups in total. The summed E-state index contributed by atoms with van der Waals surface area (Å²) in [6.45, 7) is 0.721. The number of nitrogens with zero attached hydrogens (tertiary/aromatic N) is 1. The molecule has 9 nitrogen and oxygen atoms in total. The van der Waals surface area contributed by atoms with Crippen LogP contribution >= 0.6 is 0 Å². The van der Waals surface area contributed by atoms with Crippen molar-refractivity contribution in [3.63, 3.8) is 0 Å². The Kier molecular flexibility index (Phi) is 6.38. The number of methoxy groups -OCH3 is 1. The first-order valence-electron chi connectivity index (χ1n) is 11.3. The van der Waals surface area contributed by atoms with E-state index in [1.54, 1.807) is 24.3 Å². The summed E-state index contributed by atoms with van der Waals surface area (Å²) in [5.74, 6) is -0.353. The number of nitrogens with one attached hydrogen (secondary N) is 1. The summed E-state index contributed by atoms with van der Waals surface area (Å²) in [5, 5.41) is 2.74. The number of hydrogen-bond donors (Lipinski definition) is 1. The van der Waals surface area contributed by atoms with E-state index in [2.05, 4.69) is 5.32 Å². The molecule has 186 valence electrons. The standard InChI is InChI=1S/C26H24N2O7S/c1-33-26(30)20-8-4-5-9-21(20)27-25(29)22-14-17-6-2-3-7-18(17)16-28(22)36(31,32)19-10-11-23-24(15-19)35-13-12-34-23/h2-11,15,22H,12-14,16H2,1H3,(H,27,29)/t22-/m1/s1. The van der Waals surface area contributed by atoms with Gasteiger partial charge in [-0.3, -0.25) is 4.79 Å². The molecule has 10 heteroatoms. The molecule has 1 atom stereocenters. The van der Waals surface area contributed by atoms with Gasteiger partial charge in [-0.2, -0.15) is 4.31 Å². The third-order valence-corrected chi connectivity index (χ3v) is 8.07. The zero-order valence-electron chi connectivity index (χ0n) is 19.5. The average Bonchev–Trinajstić information content (AvgIpc) is 2.91. The number of para-hydroxylation sites is 1. The molecule has 3 aromatic rings. The van der Waals surface area contributed by atoms with Gasteiger partial charge in [0, 0.05) is 12.6 Å². The summed E-state index contributed by atoms with van der Waals surface area (Å²) in [5.41, 5.74) is 2.11. The van der Waals surface area contributed by atoms with Gasteiger partial charge in [-0.25, -0.2) is 13.2 Å². The molecule has 5 rings (SSSR count). The second-order valence-corrected chi connectivity index (χ2v) is 10.3. The topological polar surface area (TPSA) is 111 Å². The molecule has 1 amide bonds. The lowest BCUT2D eigenvalue weighted by Crippen LogP contribution is -2.50. The normalized spacial score (nSPS) is 17.1. The van der Waals surface area contributed by atoms with Crippen LogP contribution in [0.15, 0.2) is 71.6 Å². The third kappa shape index (κ3) is 4.40. The van der Waals surface area contributed by atoms with Crippen LogP contribution in [0.4, 0.5) is 5.69 Å². The average molecular weight is 509 g/mol. The molecule has 0 saturated heterocycles. The van der Waals surface area contributed by atoms with Crippen molar-refractivity contribution >= 4 is 27.6 Å². The van der Waals surface area contributed by atoms with E-state index >= 15 is 0 Å². The number of anilines is 1. The highest BCUT2D eigenvalue weighted by Gasteiger charge is 2.40. The quantitative estimate of drug-likeness (QED) is 0.528. The fraction of sp³-hybridized carbons (Fsp3) is 0.231. The molecule has 0 aromatic heterocycles. The lowest BCUT2D eigenvalue weighted by atomic mass is 9.95. The fourth-order valence-electron chi connectivity index (χ4n) is 4.39. The van der Waals surface area contributed by atoms with Gasteiger partial charge in [-0.1, -0.05) is 36.4 Å². The first kappa shape index (κ1) is 23.8. The minimum absolute atomic E-state index is 0.00103. The highest BCUT2D eigenvalue weighted by atomic mass is 32.2. The van der Waals surface area contributed by atoms with Crippen LogP contribution in [0.5, 0.6) is 11.5 Å². The number of fused-ring (bicyclic) bond motifs is 2. The Balaban J connectivity index is 1.52. The van der Waals surface area contributed by atoms with Crippen molar-refractivity contribution in [2.24, 2.45) is 0 Å². The molecule has 0 unspecified atom stereocenters. The van der Waals surface area contributed by atoms with Crippen LogP contribution in [0.3, 0.4) is 0 Å². The first-order valence-corrected chi connectivity index (χ1v) is 12.8. The monoisotopic (exact) mass is 508 g/mol. The SMILES string of the molecule is COC(=O)c1ccccc1NC(=O)[C@H]1Cc2ccccc2CN1S(=O)(=O)c1ccc2c(c1)OCCO2. The zero-order chi connectivity index (χ0) is 25.3. The van der Waals surface area contributed by atoms with E-state index in [1.807, 2.05) is 24.3 Å². The van der Waals surface area contributed by atoms with Crippen LogP contribution in [0.25, 0.3) is 0 Å². The van der Waals surface area contributed by atoms with Crippen LogP contribution in [-0.2, 0) is 32.5 Å². The van der Waals surface area contributed by atoms with Crippen LogP contribution in [-0.4, -0.2) is 51.0 Å². The van der Waals surface area contributed by atoms with Crippen molar-refractivity contribution in [2.45, 2.75) is 23.9 Å². The molecule has 3 aromatic carbocycles. The summed E-state index contributed by atoms with van der Waals surface area (Å²) in [6, 6.07) is 17.2. The van der Waals surface area contributed by atoms with Gasteiger partial charge >= 0.3 is 5.97 Å². The van der Waals surface area contributed by atoms with E-state index in [4.69, 9.17) is 14.2 Å². The Hall–Kier alpha value is -3.89. The number of benzene rings is 3. The fourth-order valence-corrected chi connectivity index (χ4v) is 5.97. The Morgan fingerprint density at radius 1 is 0.944 bits per heavy atom. The molecule has 2 aliphatic heterocycles. The molecular weight excluding hydrogens is 484 g/mol. The molecule has 2 aliphatic rings. The Labute approximate surface area is 208 Å². The number of sulfonamides is 1. The summed E-state index contributed by atoms with van der Waals surface area (Å²) < 4.78 is 44.8. The minimum Gasteiger partial charge on any atom is -0.486 e. The van der Waals surface area contributed by atoms with Crippen LogP contribution < -0.4 is 14.8 Å². The van der Waals surface area contributed by atoms with Crippen molar-refractivity contribution in [2.75, 3.05) is 25.6 Å². The van der Waals surface area contributed by atoms with Crippen LogP contribution in [0.2, 0.25) is 0 Å². The predicted molar refractivity (Wildman–Crippen MR) is 131 cm³/mol. The highest BCUT2D eigenvalue weighted by molar-refractivity contribution is 7.89. The van der Waals surface area contributed by atoms with Gasteiger partial charge < -0.3 is 19.5 Å². The second kappa shape index (κ2) is 9.63. The van der Waals surface area contributed by atoms with Gasteiger partial charge in [0.25, 0.3) is 0 Å². The summed E-state index contributed by atoms with van der Waals surface area (Å²) >= 11 is 0. The first-order chi connectivity index (χ1) is 17.4. The Bertz CT molecular complexity index is 1440. The molecule has 0 saturated carbocycles. The molecule has 0 fully saturated rings. The summed E-state index contributed by atoms with van der Waals surface area (Å²) in [6.07, 6.45) is 0.173. The van der Waals surface area contributed by atoms with E-state index in [0.29, 0.717) is 24.7 Å². The number of carbonyl (C=O) groups excluding carboxylic acids is 2. The number of ether oxygens (including phenoxy) is 3. The summed E-state index contributed by atoms with van der Waals surface area (Å²) in [4.78, 5) is 25.7. The Morgan fingerprint density at radius 2 is 1.64 bits per heavy atom. The number of amides is 1. The summed E-state index contributed by atoms with van der Waals surface area (Å²) in [7, 11) is -2.86. The second-order valence-electron chi connectivity index (χ2n) is 8.37. The zero-order valence-corrected chi connectivity index (χ0v) is 20.3. The maximum absolute atomic E-state index is 13.8. The molecule has 0 aliphatic carbocycles. The number of rotatable bonds is 5. The van der Waals surface area contributed by atoms with E-state index in [0.717, 1.165) is 11.1 Å². The van der Waals surface area contributed by atoms with E-state index in [1.165, 1.54) is 29.6 Å². The van der Waals surface area contributed by atoms with Gasteiger partial charge in [0.1, 0.15) is 19.3 Å². The van der Waals surface area contributed by atoms with Crippen LogP contribution in [0.1, 0.15) is 21.5 Å². The third-order valence-electron chi connectivity index (χ3n) is 6.22. The number of esters is 1. The van der Waals surface area contributed by atoms with Gasteiger partial charge in [0.2, 0.25) is 15.9 Å². The van der Waals surface area contributed by atoms with Crippen molar-refractivity contribution in [3.8, 4) is 11.5 Å². The lowest BCUT2D eigenvalue weighted by molar-refractivity contribution is -0.120. The molecule has 0 spiro atoms. The smallest absolute Gasteiger partial charge is 0.339 e. The molecule has 2 heterocycles. The van der Waals surface area contributed by atoms with Crippen molar-refractivity contribution in [1.82, 2.24) is 4.31 Å². The molecule has 0 radical (unpaired) electrons. The lowest BCUT2D eigenvalue weighted by Gasteiger charge is -2.35. The van der Waals surface area contributed by atoms with E-state index in [-0.39, 0.29) is 29.1 Å². The maximum Gasteiger partial charge on any atom is 0.339 e. The largest absolute Gasteiger partial charge is 0.486 e. The van der Waals surface area contributed by atoms with Crippen LogP contribution in [0, 0.1) is 0 Å². The van der Waals surface area contributed by atoms with Gasteiger partial charge in [0.15, 0.2) is 11.5 Å². The predicted octanol–water partition coefficient (Wildman–Crippen LogP) is 3.00. The van der Waals surface area contributed by atoms with E-state index < -0.39 is 27.9 Å². The van der Waals surface area contributed by atoms with Crippen molar-refractivity contribution in [1.29, 1.82) is 0 Å². The molecule has 36 heavy (non-hydrogen) atoms. The van der Waals surface area contributed by atoms with Gasteiger partial charge in [-0.15, -0.1) is 0 Å². The number of carbonyl (C=O) groups is 2. The van der Waals surface area contributed by atoms with Crippen molar-refractivity contribution < 1.29 is 32.2 Å². The molecule has 0 bridgehead atoms. The minimum atomic E-state index is -4.11.